The Morgan fingerprint density at radius 2 is 1.86 bits per heavy atom. The number of carbonyl (C=O) groups is 1. The van der Waals surface area contributed by atoms with Crippen molar-refractivity contribution in [3.63, 3.8) is 0 Å². The molecule has 0 aliphatic rings. The Kier molecular flexibility index (Phi) is 4.50. The van der Waals surface area contributed by atoms with Crippen LogP contribution in [0.1, 0.15) is 20.8 Å². The lowest BCUT2D eigenvalue weighted by atomic mass is 10.2. The third-order valence-electron chi connectivity index (χ3n) is 2.57. The number of pyridine rings is 1. The number of aromatic hydroxyl groups is 1. The van der Waals surface area contributed by atoms with Gasteiger partial charge in [0.05, 0.1) is 5.69 Å². The smallest absolute Gasteiger partial charge is 0.412 e. The first-order valence-corrected chi connectivity index (χ1v) is 6.84. The maximum Gasteiger partial charge on any atom is 0.412 e. The molecule has 1 aromatic heterocycles. The van der Waals surface area contributed by atoms with E-state index in [1.54, 1.807) is 63.4 Å². The second-order valence-corrected chi connectivity index (χ2v) is 5.70. The number of nitrogens with one attached hydrogen (secondary N) is 2. The maximum absolute atomic E-state index is 11.9. The second kappa shape index (κ2) is 6.34. The molecule has 2 rings (SSSR count). The van der Waals surface area contributed by atoms with Crippen molar-refractivity contribution in [2.75, 3.05) is 10.6 Å². The average Bonchev–Trinajstić information content (AvgIpc) is 2.41. The van der Waals surface area contributed by atoms with E-state index in [4.69, 9.17) is 4.74 Å². The van der Waals surface area contributed by atoms with Crippen LogP contribution in [0.15, 0.2) is 42.6 Å². The lowest BCUT2D eigenvalue weighted by Crippen LogP contribution is -2.27. The molecule has 0 saturated carbocycles. The first-order valence-electron chi connectivity index (χ1n) is 6.84. The van der Waals surface area contributed by atoms with E-state index in [2.05, 4.69) is 15.6 Å². The molecule has 1 heterocycles. The lowest BCUT2D eigenvalue weighted by Gasteiger charge is -2.20. The normalized spacial score (nSPS) is 10.9. The summed E-state index contributed by atoms with van der Waals surface area (Å²) in [4.78, 5) is 16.1. The van der Waals surface area contributed by atoms with E-state index in [0.717, 1.165) is 5.69 Å². The zero-order chi connectivity index (χ0) is 16.2. The van der Waals surface area contributed by atoms with Crippen LogP contribution in [0.3, 0.4) is 0 Å². The Balaban J connectivity index is 2.13. The van der Waals surface area contributed by atoms with Crippen molar-refractivity contribution >= 4 is 23.3 Å². The lowest BCUT2D eigenvalue weighted by molar-refractivity contribution is 0.0636. The highest BCUT2D eigenvalue weighted by Gasteiger charge is 2.17. The molecule has 0 fully saturated rings. The summed E-state index contributed by atoms with van der Waals surface area (Å²) in [7, 11) is 0. The molecule has 0 saturated heterocycles. The molecule has 0 unspecified atom stereocenters. The molecule has 3 N–H and O–H groups in total. The van der Waals surface area contributed by atoms with Crippen LogP contribution in [-0.2, 0) is 4.74 Å². The first kappa shape index (κ1) is 15.6. The fourth-order valence-corrected chi connectivity index (χ4v) is 1.70. The number of hydrogen-bond acceptors (Lipinski definition) is 5. The highest BCUT2D eigenvalue weighted by molar-refractivity contribution is 5.89. The van der Waals surface area contributed by atoms with Crippen LogP contribution in [0.5, 0.6) is 5.75 Å². The van der Waals surface area contributed by atoms with Gasteiger partial charge >= 0.3 is 6.09 Å². The summed E-state index contributed by atoms with van der Waals surface area (Å²) >= 11 is 0. The van der Waals surface area contributed by atoms with Gasteiger partial charge in [-0.05, 0) is 57.2 Å². The zero-order valence-electron chi connectivity index (χ0n) is 12.8. The largest absolute Gasteiger partial charge is 0.508 e. The Bertz CT molecular complexity index is 648. The average molecular weight is 301 g/mol. The Morgan fingerprint density at radius 1 is 1.18 bits per heavy atom. The van der Waals surface area contributed by atoms with Crippen LogP contribution in [0, 0.1) is 0 Å². The van der Waals surface area contributed by atoms with E-state index in [-0.39, 0.29) is 5.75 Å². The van der Waals surface area contributed by atoms with Crippen molar-refractivity contribution in [2.45, 2.75) is 26.4 Å². The molecule has 1 aromatic carbocycles. The van der Waals surface area contributed by atoms with Gasteiger partial charge in [0.25, 0.3) is 0 Å². The first-order chi connectivity index (χ1) is 10.3. The van der Waals surface area contributed by atoms with Crippen molar-refractivity contribution in [2.24, 2.45) is 0 Å². The number of anilines is 3. The fraction of sp³-hybridized carbons (Fsp3) is 0.250. The number of hydrogen-bond donors (Lipinski definition) is 3. The van der Waals surface area contributed by atoms with Gasteiger partial charge in [-0.1, -0.05) is 0 Å². The summed E-state index contributed by atoms with van der Waals surface area (Å²) in [6.07, 6.45) is 1.07. The zero-order valence-corrected chi connectivity index (χ0v) is 12.8. The summed E-state index contributed by atoms with van der Waals surface area (Å²) in [5.41, 5.74) is 0.671. The van der Waals surface area contributed by atoms with Crippen LogP contribution < -0.4 is 10.6 Å². The Labute approximate surface area is 129 Å². The van der Waals surface area contributed by atoms with E-state index >= 15 is 0 Å². The van der Waals surface area contributed by atoms with Crippen molar-refractivity contribution in [3.8, 4) is 5.75 Å². The van der Waals surface area contributed by atoms with Crippen LogP contribution in [-0.4, -0.2) is 21.8 Å². The topological polar surface area (TPSA) is 83.5 Å². The molecule has 0 aliphatic heterocycles. The summed E-state index contributed by atoms with van der Waals surface area (Å²) < 4.78 is 5.22. The molecule has 0 aliphatic carbocycles. The minimum Gasteiger partial charge on any atom is -0.508 e. The van der Waals surface area contributed by atoms with E-state index in [1.165, 1.54) is 0 Å². The molecule has 22 heavy (non-hydrogen) atoms. The third kappa shape index (κ3) is 4.66. The standard InChI is InChI=1S/C16H19N3O3/c1-16(2,3)22-15(21)19-13-5-4-10-17-14(13)18-11-6-8-12(20)9-7-11/h4-10,20H,1-3H3,(H,17,18)(H,19,21). The molecule has 0 bridgehead atoms. The molecule has 116 valence electrons. The Morgan fingerprint density at radius 3 is 2.50 bits per heavy atom. The van der Waals surface area contributed by atoms with Gasteiger partial charge in [-0.2, -0.15) is 0 Å². The predicted octanol–water partition coefficient (Wildman–Crippen LogP) is 3.88. The van der Waals surface area contributed by atoms with Crippen LogP contribution in [0.2, 0.25) is 0 Å². The number of nitrogens with zero attached hydrogens (tertiary/aromatic N) is 1. The molecule has 2 aromatic rings. The summed E-state index contributed by atoms with van der Waals surface area (Å²) in [5.74, 6) is 0.665. The predicted molar refractivity (Wildman–Crippen MR) is 85.5 cm³/mol. The fourth-order valence-electron chi connectivity index (χ4n) is 1.70. The minimum absolute atomic E-state index is 0.179. The molecular weight excluding hydrogens is 282 g/mol. The van der Waals surface area contributed by atoms with Crippen molar-refractivity contribution in [3.05, 3.63) is 42.6 Å². The maximum atomic E-state index is 11.9. The molecule has 0 radical (unpaired) electrons. The van der Waals surface area contributed by atoms with Crippen LogP contribution >= 0.6 is 0 Å². The van der Waals surface area contributed by atoms with E-state index < -0.39 is 11.7 Å². The monoisotopic (exact) mass is 301 g/mol. The molecule has 6 nitrogen and oxygen atoms in total. The van der Waals surface area contributed by atoms with Gasteiger partial charge in [0.15, 0.2) is 5.82 Å². The number of phenols is 1. The Hall–Kier alpha value is -2.76. The van der Waals surface area contributed by atoms with E-state index in [1.807, 2.05) is 0 Å². The highest BCUT2D eigenvalue weighted by Crippen LogP contribution is 2.24. The number of rotatable bonds is 3. The van der Waals surface area contributed by atoms with Crippen LogP contribution in [0.25, 0.3) is 0 Å². The van der Waals surface area contributed by atoms with E-state index in [0.29, 0.717) is 11.5 Å². The van der Waals surface area contributed by atoms with E-state index in [9.17, 15) is 9.90 Å². The molecule has 1 amide bonds. The number of aromatic nitrogens is 1. The number of amides is 1. The number of carbonyl (C=O) groups excluding carboxylic acids is 1. The van der Waals surface area contributed by atoms with Gasteiger partial charge in [-0.25, -0.2) is 9.78 Å². The summed E-state index contributed by atoms with van der Waals surface area (Å²) in [5, 5.41) is 15.0. The van der Waals surface area contributed by atoms with Gasteiger partial charge in [0, 0.05) is 11.9 Å². The number of phenolic OH excluding ortho intramolecular Hbond substituents is 1. The molecule has 6 heteroatoms. The van der Waals surface area contributed by atoms with Gasteiger partial charge in [-0.3, -0.25) is 5.32 Å². The second-order valence-electron chi connectivity index (χ2n) is 5.70. The van der Waals surface area contributed by atoms with Crippen molar-refractivity contribution < 1.29 is 14.6 Å². The van der Waals surface area contributed by atoms with Crippen molar-refractivity contribution in [1.29, 1.82) is 0 Å². The molecular formula is C16H19N3O3. The van der Waals surface area contributed by atoms with Crippen LogP contribution in [0.4, 0.5) is 22.0 Å². The number of ether oxygens (including phenoxy) is 1. The molecule has 0 spiro atoms. The van der Waals surface area contributed by atoms with Gasteiger partial charge in [0.1, 0.15) is 11.4 Å². The quantitative estimate of drug-likeness (QED) is 0.749. The molecule has 0 atom stereocenters. The van der Waals surface area contributed by atoms with Gasteiger partial charge in [-0.15, -0.1) is 0 Å². The third-order valence-corrected chi connectivity index (χ3v) is 2.57. The summed E-state index contributed by atoms with van der Waals surface area (Å²) in [6, 6.07) is 9.98. The summed E-state index contributed by atoms with van der Waals surface area (Å²) in [6.45, 7) is 5.39. The minimum atomic E-state index is -0.573. The van der Waals surface area contributed by atoms with Gasteiger partial charge in [0.2, 0.25) is 0 Å². The van der Waals surface area contributed by atoms with Gasteiger partial charge < -0.3 is 15.2 Å². The highest BCUT2D eigenvalue weighted by atomic mass is 16.6. The SMILES string of the molecule is CC(C)(C)OC(=O)Nc1cccnc1Nc1ccc(O)cc1. The van der Waals surface area contributed by atoms with Crippen molar-refractivity contribution in [1.82, 2.24) is 4.98 Å². The number of benzene rings is 1.